The van der Waals surface area contributed by atoms with Crippen molar-refractivity contribution < 1.29 is 4.84 Å². The van der Waals surface area contributed by atoms with Gasteiger partial charge in [-0.25, -0.2) is 0 Å². The van der Waals surface area contributed by atoms with Crippen LogP contribution in [-0.2, 0) is 4.84 Å². The van der Waals surface area contributed by atoms with Crippen molar-refractivity contribution in [2.75, 3.05) is 7.11 Å². The molecule has 0 bridgehead atoms. The predicted octanol–water partition coefficient (Wildman–Crippen LogP) is 3.18. The number of rotatable bonds is 2. The van der Waals surface area contributed by atoms with E-state index in [1.807, 2.05) is 42.5 Å². The van der Waals surface area contributed by atoms with Crippen LogP contribution in [0, 0.1) is 11.3 Å². The summed E-state index contributed by atoms with van der Waals surface area (Å²) in [5.74, 6) is 0. The largest absolute Gasteiger partial charge is 0.398 e. The van der Waals surface area contributed by atoms with E-state index in [9.17, 15) is 5.26 Å². The summed E-state index contributed by atoms with van der Waals surface area (Å²) < 4.78 is 0. The summed E-state index contributed by atoms with van der Waals surface area (Å²) in [6, 6.07) is 11.8. The van der Waals surface area contributed by atoms with Gasteiger partial charge in [-0.15, -0.1) is 0 Å². The average Bonchev–Trinajstić information content (AvgIpc) is 2.81. The molecule has 0 unspecified atom stereocenters. The molecule has 0 aliphatic carbocycles. The molecule has 0 spiro atoms. The molecule has 1 heterocycles. The molecular formula is C13H10N2OS. The van der Waals surface area contributed by atoms with Gasteiger partial charge in [-0.05, 0) is 17.7 Å². The Hall–Kier alpha value is -1.99. The zero-order chi connectivity index (χ0) is 12.1. The molecule has 0 radical (unpaired) electrons. The first kappa shape index (κ1) is 11.5. The van der Waals surface area contributed by atoms with Crippen LogP contribution < -0.4 is 0 Å². The third-order valence-corrected chi connectivity index (χ3v) is 3.17. The van der Waals surface area contributed by atoms with Crippen molar-refractivity contribution in [1.82, 2.24) is 0 Å². The second-order valence-corrected chi connectivity index (χ2v) is 4.33. The fourth-order valence-electron chi connectivity index (χ4n) is 1.47. The molecule has 4 heteroatoms. The van der Waals surface area contributed by atoms with Crippen molar-refractivity contribution in [1.29, 1.82) is 5.26 Å². The van der Waals surface area contributed by atoms with E-state index >= 15 is 0 Å². The van der Waals surface area contributed by atoms with Gasteiger partial charge in [0.2, 0.25) is 0 Å². The monoisotopic (exact) mass is 242 g/mol. The molecule has 0 saturated heterocycles. The van der Waals surface area contributed by atoms with Crippen molar-refractivity contribution in [2.24, 2.45) is 5.16 Å². The van der Waals surface area contributed by atoms with Gasteiger partial charge in [0.15, 0.2) is 0 Å². The lowest BCUT2D eigenvalue weighted by Gasteiger charge is -2.01. The topological polar surface area (TPSA) is 45.4 Å². The zero-order valence-corrected chi connectivity index (χ0v) is 10.1. The summed E-state index contributed by atoms with van der Waals surface area (Å²) in [6.07, 6.45) is 3.72. The highest BCUT2D eigenvalue weighted by Gasteiger charge is 2.15. The van der Waals surface area contributed by atoms with E-state index in [-0.39, 0.29) is 0 Å². The number of nitrogens with zero attached hydrogens (tertiary/aromatic N) is 2. The number of nitriles is 1. The third-order valence-electron chi connectivity index (χ3n) is 2.19. The molecule has 84 valence electrons. The van der Waals surface area contributed by atoms with Crippen LogP contribution in [0.3, 0.4) is 0 Å². The second kappa shape index (κ2) is 5.37. The quantitative estimate of drug-likeness (QED) is 0.591. The SMILES string of the molecule is CON=C1C=C/C(=C(\C#N)c2ccccc2)S1. The van der Waals surface area contributed by atoms with E-state index in [1.165, 1.54) is 18.9 Å². The molecule has 1 aliphatic heterocycles. The fraction of sp³-hybridized carbons (Fsp3) is 0.0769. The van der Waals surface area contributed by atoms with Crippen molar-refractivity contribution in [3.63, 3.8) is 0 Å². The summed E-state index contributed by atoms with van der Waals surface area (Å²) in [6.45, 7) is 0. The Morgan fingerprint density at radius 1 is 1.29 bits per heavy atom. The number of oxime groups is 1. The highest BCUT2D eigenvalue weighted by Crippen LogP contribution is 2.33. The molecule has 1 aliphatic rings. The van der Waals surface area contributed by atoms with Crippen LogP contribution in [0.25, 0.3) is 5.57 Å². The Kier molecular flexibility index (Phi) is 3.63. The Balaban J connectivity index is 2.36. The summed E-state index contributed by atoms with van der Waals surface area (Å²) >= 11 is 1.43. The lowest BCUT2D eigenvalue weighted by atomic mass is 10.1. The molecular weight excluding hydrogens is 232 g/mol. The number of hydrogen-bond acceptors (Lipinski definition) is 4. The summed E-state index contributed by atoms with van der Waals surface area (Å²) in [4.78, 5) is 5.60. The molecule has 17 heavy (non-hydrogen) atoms. The predicted molar refractivity (Wildman–Crippen MR) is 70.2 cm³/mol. The van der Waals surface area contributed by atoms with Crippen LogP contribution in [0.4, 0.5) is 0 Å². The molecule has 0 atom stereocenters. The average molecular weight is 242 g/mol. The third kappa shape index (κ3) is 2.58. The molecule has 2 rings (SSSR count). The summed E-state index contributed by atoms with van der Waals surface area (Å²) in [5.41, 5.74) is 1.58. The van der Waals surface area contributed by atoms with Gasteiger partial charge in [-0.2, -0.15) is 5.26 Å². The molecule has 1 aromatic carbocycles. The lowest BCUT2D eigenvalue weighted by molar-refractivity contribution is 0.215. The van der Waals surface area contributed by atoms with E-state index in [0.29, 0.717) is 5.57 Å². The van der Waals surface area contributed by atoms with Crippen LogP contribution in [-0.4, -0.2) is 12.2 Å². The minimum Gasteiger partial charge on any atom is -0.398 e. The van der Waals surface area contributed by atoms with Crippen LogP contribution in [0.15, 0.2) is 52.5 Å². The maximum Gasteiger partial charge on any atom is 0.140 e. The first-order valence-electron chi connectivity index (χ1n) is 5.02. The second-order valence-electron chi connectivity index (χ2n) is 3.26. The van der Waals surface area contributed by atoms with Gasteiger partial charge < -0.3 is 4.84 Å². The van der Waals surface area contributed by atoms with Crippen LogP contribution >= 0.6 is 11.8 Å². The van der Waals surface area contributed by atoms with E-state index in [0.717, 1.165) is 15.5 Å². The Morgan fingerprint density at radius 3 is 2.71 bits per heavy atom. The van der Waals surface area contributed by atoms with Crippen LogP contribution in [0.2, 0.25) is 0 Å². The Bertz CT molecular complexity index is 538. The minimum atomic E-state index is 0.660. The highest BCUT2D eigenvalue weighted by atomic mass is 32.2. The van der Waals surface area contributed by atoms with Gasteiger partial charge in [0.25, 0.3) is 0 Å². The first-order valence-corrected chi connectivity index (χ1v) is 5.83. The Labute approximate surface area is 104 Å². The van der Waals surface area contributed by atoms with E-state index in [4.69, 9.17) is 4.84 Å². The van der Waals surface area contributed by atoms with Gasteiger partial charge in [0, 0.05) is 4.91 Å². The molecule has 1 aromatic rings. The normalized spacial score (nSPS) is 19.2. The Morgan fingerprint density at radius 2 is 2.06 bits per heavy atom. The molecule has 3 nitrogen and oxygen atoms in total. The zero-order valence-electron chi connectivity index (χ0n) is 9.25. The number of thioether (sulfide) groups is 1. The standard InChI is InChI=1S/C13H10N2OS/c1-16-15-13-8-7-12(17-13)11(9-14)10-5-3-2-4-6-10/h2-8H,1H3/b12-11-,15-13?. The number of allylic oxidation sites excluding steroid dienone is 2. The fourth-order valence-corrected chi connectivity index (χ4v) is 2.34. The number of benzene rings is 1. The van der Waals surface area contributed by atoms with Gasteiger partial charge in [-0.3, -0.25) is 0 Å². The van der Waals surface area contributed by atoms with E-state index in [1.54, 1.807) is 0 Å². The van der Waals surface area contributed by atoms with E-state index < -0.39 is 0 Å². The molecule has 0 fully saturated rings. The van der Waals surface area contributed by atoms with Gasteiger partial charge in [0.05, 0.1) is 5.57 Å². The molecule has 0 aromatic heterocycles. The maximum atomic E-state index is 9.23. The summed E-state index contributed by atoms with van der Waals surface area (Å²) in [7, 11) is 1.51. The first-order chi connectivity index (χ1) is 8.35. The molecule has 0 N–H and O–H groups in total. The van der Waals surface area contributed by atoms with Crippen molar-refractivity contribution in [3.8, 4) is 6.07 Å². The van der Waals surface area contributed by atoms with Crippen molar-refractivity contribution >= 4 is 22.4 Å². The van der Waals surface area contributed by atoms with Gasteiger partial charge in [-0.1, -0.05) is 47.2 Å². The smallest absolute Gasteiger partial charge is 0.140 e. The summed E-state index contributed by atoms with van der Waals surface area (Å²) in [5, 5.41) is 13.8. The van der Waals surface area contributed by atoms with Crippen molar-refractivity contribution in [2.45, 2.75) is 0 Å². The maximum absolute atomic E-state index is 9.23. The highest BCUT2D eigenvalue weighted by molar-refractivity contribution is 8.18. The molecule has 0 amide bonds. The van der Waals surface area contributed by atoms with Gasteiger partial charge in [0.1, 0.15) is 18.2 Å². The minimum absolute atomic E-state index is 0.660. The van der Waals surface area contributed by atoms with E-state index in [2.05, 4.69) is 11.2 Å². The van der Waals surface area contributed by atoms with Crippen molar-refractivity contribution in [3.05, 3.63) is 53.0 Å². The number of hydrogen-bond donors (Lipinski definition) is 0. The lowest BCUT2D eigenvalue weighted by Crippen LogP contribution is -1.85. The van der Waals surface area contributed by atoms with Gasteiger partial charge >= 0.3 is 0 Å². The van der Waals surface area contributed by atoms with Crippen LogP contribution in [0.5, 0.6) is 0 Å². The van der Waals surface area contributed by atoms with Crippen LogP contribution in [0.1, 0.15) is 5.56 Å². The molecule has 0 saturated carbocycles.